The first kappa shape index (κ1) is 9.15. The van der Waals surface area contributed by atoms with E-state index >= 15 is 0 Å². The lowest BCUT2D eigenvalue weighted by Crippen LogP contribution is -2.07. The van der Waals surface area contributed by atoms with Gasteiger partial charge < -0.3 is 9.84 Å². The highest BCUT2D eigenvalue weighted by Gasteiger charge is 2.14. The average Bonchev–Trinajstić information content (AvgIpc) is 2.56. The van der Waals surface area contributed by atoms with Crippen LogP contribution in [0.3, 0.4) is 0 Å². The Morgan fingerprint density at radius 3 is 3.17 bits per heavy atom. The number of esters is 1. The van der Waals surface area contributed by atoms with Crippen LogP contribution in [0.25, 0.3) is 0 Å². The van der Waals surface area contributed by atoms with Crippen LogP contribution in [0.1, 0.15) is 17.5 Å². The standard InChI is InChI=1S/C7H9NO3S/c1-11-6(10)4-5(9)7-8-2-3-12-7/h2-3,5,9H,4H2,1H3/t5-/m1/s1. The number of nitrogens with zero attached hydrogens (tertiary/aromatic N) is 1. The van der Waals surface area contributed by atoms with Gasteiger partial charge in [0, 0.05) is 11.6 Å². The third-order valence-electron chi connectivity index (χ3n) is 1.32. The zero-order valence-corrected chi connectivity index (χ0v) is 7.37. The third-order valence-corrected chi connectivity index (χ3v) is 2.20. The molecule has 1 aromatic rings. The van der Waals surface area contributed by atoms with Gasteiger partial charge in [-0.25, -0.2) is 4.98 Å². The molecule has 0 saturated heterocycles. The summed E-state index contributed by atoms with van der Waals surface area (Å²) < 4.78 is 4.40. The second-order valence-electron chi connectivity index (χ2n) is 2.17. The number of carbonyl (C=O) groups is 1. The molecule has 0 unspecified atom stereocenters. The van der Waals surface area contributed by atoms with Crippen molar-refractivity contribution in [3.05, 3.63) is 16.6 Å². The molecule has 0 aromatic carbocycles. The van der Waals surface area contributed by atoms with Gasteiger partial charge in [-0.15, -0.1) is 11.3 Å². The normalized spacial score (nSPS) is 12.5. The molecule has 12 heavy (non-hydrogen) atoms. The second-order valence-corrected chi connectivity index (χ2v) is 3.09. The van der Waals surface area contributed by atoms with Crippen molar-refractivity contribution in [2.45, 2.75) is 12.5 Å². The highest BCUT2D eigenvalue weighted by atomic mass is 32.1. The van der Waals surface area contributed by atoms with Crippen LogP contribution in [0.5, 0.6) is 0 Å². The van der Waals surface area contributed by atoms with Crippen LogP contribution in [0.4, 0.5) is 0 Å². The Bertz CT molecular complexity index is 247. The molecule has 0 bridgehead atoms. The maximum atomic E-state index is 10.7. The van der Waals surface area contributed by atoms with Crippen molar-refractivity contribution in [3.63, 3.8) is 0 Å². The van der Waals surface area contributed by atoms with Crippen LogP contribution in [-0.4, -0.2) is 23.2 Å². The molecular weight excluding hydrogens is 178 g/mol. The number of hydrogen-bond acceptors (Lipinski definition) is 5. The minimum atomic E-state index is -0.836. The Kier molecular flexibility index (Phi) is 3.19. The van der Waals surface area contributed by atoms with Crippen molar-refractivity contribution in [1.82, 2.24) is 4.98 Å². The maximum absolute atomic E-state index is 10.7. The fourth-order valence-corrected chi connectivity index (χ4v) is 1.35. The van der Waals surface area contributed by atoms with E-state index in [4.69, 9.17) is 0 Å². The van der Waals surface area contributed by atoms with E-state index in [-0.39, 0.29) is 6.42 Å². The van der Waals surface area contributed by atoms with E-state index in [1.165, 1.54) is 18.4 Å². The van der Waals surface area contributed by atoms with Crippen LogP contribution >= 0.6 is 11.3 Å². The summed E-state index contributed by atoms with van der Waals surface area (Å²) in [6.45, 7) is 0. The Hall–Kier alpha value is -0.940. The van der Waals surface area contributed by atoms with Crippen molar-refractivity contribution < 1.29 is 14.6 Å². The second kappa shape index (κ2) is 4.18. The summed E-state index contributed by atoms with van der Waals surface area (Å²) in [7, 11) is 1.29. The fourth-order valence-electron chi connectivity index (χ4n) is 0.728. The quantitative estimate of drug-likeness (QED) is 0.709. The predicted molar refractivity (Wildman–Crippen MR) is 43.7 cm³/mol. The molecule has 1 aromatic heterocycles. The van der Waals surface area contributed by atoms with E-state index in [1.54, 1.807) is 11.6 Å². The molecule has 1 rings (SSSR count). The molecule has 0 aliphatic carbocycles. The van der Waals surface area contributed by atoms with E-state index in [1.807, 2.05) is 0 Å². The van der Waals surface area contributed by atoms with Gasteiger partial charge in [-0.2, -0.15) is 0 Å². The topological polar surface area (TPSA) is 59.4 Å². The number of ether oxygens (including phenoxy) is 1. The molecule has 4 nitrogen and oxygen atoms in total. The molecule has 0 radical (unpaired) electrons. The van der Waals surface area contributed by atoms with Crippen molar-refractivity contribution in [2.75, 3.05) is 7.11 Å². The maximum Gasteiger partial charge on any atom is 0.308 e. The first-order valence-electron chi connectivity index (χ1n) is 3.38. The minimum absolute atomic E-state index is 0.0377. The Labute approximate surface area is 73.8 Å². The van der Waals surface area contributed by atoms with Gasteiger partial charge in [-0.3, -0.25) is 4.79 Å². The zero-order chi connectivity index (χ0) is 8.97. The molecule has 1 N–H and O–H groups in total. The zero-order valence-electron chi connectivity index (χ0n) is 6.56. The molecule has 1 heterocycles. The summed E-state index contributed by atoms with van der Waals surface area (Å²) in [4.78, 5) is 14.6. The van der Waals surface area contributed by atoms with E-state index in [2.05, 4.69) is 9.72 Å². The number of rotatable bonds is 3. The number of hydrogen-bond donors (Lipinski definition) is 1. The lowest BCUT2D eigenvalue weighted by atomic mass is 10.3. The van der Waals surface area contributed by atoms with Gasteiger partial charge >= 0.3 is 5.97 Å². The number of carbonyl (C=O) groups excluding carboxylic acids is 1. The summed E-state index contributed by atoms with van der Waals surface area (Å²) in [6.07, 6.45) is 0.710. The summed E-state index contributed by atoms with van der Waals surface area (Å²) in [5.41, 5.74) is 0. The smallest absolute Gasteiger partial charge is 0.308 e. The summed E-state index contributed by atoms with van der Waals surface area (Å²) in [5.74, 6) is -0.433. The van der Waals surface area contributed by atoms with Crippen LogP contribution in [-0.2, 0) is 9.53 Å². The van der Waals surface area contributed by atoms with Crippen molar-refractivity contribution >= 4 is 17.3 Å². The highest BCUT2D eigenvalue weighted by molar-refractivity contribution is 7.09. The van der Waals surface area contributed by atoms with Gasteiger partial charge in [0.25, 0.3) is 0 Å². The van der Waals surface area contributed by atoms with Crippen LogP contribution in [0, 0.1) is 0 Å². The highest BCUT2D eigenvalue weighted by Crippen LogP contribution is 2.18. The molecule has 0 saturated carbocycles. The van der Waals surface area contributed by atoms with Crippen molar-refractivity contribution in [3.8, 4) is 0 Å². The average molecular weight is 187 g/mol. The van der Waals surface area contributed by atoms with E-state index < -0.39 is 12.1 Å². The largest absolute Gasteiger partial charge is 0.469 e. The van der Waals surface area contributed by atoms with Crippen molar-refractivity contribution in [1.29, 1.82) is 0 Å². The van der Waals surface area contributed by atoms with Gasteiger partial charge in [0.05, 0.1) is 13.5 Å². The van der Waals surface area contributed by atoms with Gasteiger partial charge in [-0.05, 0) is 0 Å². The van der Waals surface area contributed by atoms with E-state index in [9.17, 15) is 9.90 Å². The molecule has 0 fully saturated rings. The van der Waals surface area contributed by atoms with E-state index in [0.717, 1.165) is 0 Å². The Morgan fingerprint density at radius 2 is 2.67 bits per heavy atom. The minimum Gasteiger partial charge on any atom is -0.469 e. The molecule has 1 atom stereocenters. The van der Waals surface area contributed by atoms with Gasteiger partial charge in [0.15, 0.2) is 0 Å². The molecule has 5 heteroatoms. The third kappa shape index (κ3) is 2.28. The Morgan fingerprint density at radius 1 is 1.92 bits per heavy atom. The van der Waals surface area contributed by atoms with Gasteiger partial charge in [-0.1, -0.05) is 0 Å². The van der Waals surface area contributed by atoms with Gasteiger partial charge in [0.1, 0.15) is 11.1 Å². The van der Waals surface area contributed by atoms with Crippen LogP contribution in [0.2, 0.25) is 0 Å². The molecule has 66 valence electrons. The SMILES string of the molecule is COC(=O)C[C@@H](O)c1nccs1. The van der Waals surface area contributed by atoms with Crippen LogP contribution in [0.15, 0.2) is 11.6 Å². The van der Waals surface area contributed by atoms with E-state index in [0.29, 0.717) is 5.01 Å². The first-order valence-corrected chi connectivity index (χ1v) is 4.26. The first-order chi connectivity index (χ1) is 5.74. The summed E-state index contributed by atoms with van der Waals surface area (Å²) in [6, 6.07) is 0. The van der Waals surface area contributed by atoms with Gasteiger partial charge in [0.2, 0.25) is 0 Å². The summed E-state index contributed by atoms with van der Waals surface area (Å²) >= 11 is 1.31. The van der Waals surface area contributed by atoms with Crippen molar-refractivity contribution in [2.24, 2.45) is 0 Å². The number of aromatic nitrogens is 1. The molecule has 0 spiro atoms. The molecule has 0 amide bonds. The Balaban J connectivity index is 2.49. The predicted octanol–water partition coefficient (Wildman–Crippen LogP) is 0.740. The lowest BCUT2D eigenvalue weighted by Gasteiger charge is -2.04. The monoisotopic (exact) mass is 187 g/mol. The molecular formula is C7H9NO3S. The molecule has 0 aliphatic heterocycles. The fraction of sp³-hybridized carbons (Fsp3) is 0.429. The lowest BCUT2D eigenvalue weighted by molar-refractivity contribution is -0.142. The van der Waals surface area contributed by atoms with Crippen LogP contribution < -0.4 is 0 Å². The number of thiazole rings is 1. The number of methoxy groups -OCH3 is 1. The molecule has 0 aliphatic rings. The number of aliphatic hydroxyl groups excluding tert-OH is 1. The summed E-state index contributed by atoms with van der Waals surface area (Å²) in [5, 5.41) is 11.6. The number of aliphatic hydroxyl groups is 1.